The number of aromatic nitrogens is 2. The van der Waals surface area contributed by atoms with Gasteiger partial charge in [0.15, 0.2) is 0 Å². The molecule has 0 saturated heterocycles. The molecule has 0 N–H and O–H groups in total. The van der Waals surface area contributed by atoms with E-state index < -0.39 is 0 Å². The summed E-state index contributed by atoms with van der Waals surface area (Å²) >= 11 is 0. The fraction of sp³-hybridized carbons (Fsp3) is 0.562. The molecular formula is C64H82N2O4. The summed E-state index contributed by atoms with van der Waals surface area (Å²) < 4.78 is 3.15. The molecule has 70 heavy (non-hydrogen) atoms. The smallest absolute Gasteiger partial charge is 0.261 e. The largest absolute Gasteiger partial charge is 0.274 e. The third-order valence-corrected chi connectivity index (χ3v) is 16.7. The van der Waals surface area contributed by atoms with Gasteiger partial charge in [-0.05, 0) is 111 Å². The van der Waals surface area contributed by atoms with E-state index in [0.717, 1.165) is 153 Å². The SMILES string of the molecule is CCCCCCCCCCc1cc2cc3c(=O)n(CCCCCCCC)c(=O)c4c(CCCCCCCCCC)c5ccc6cc7c(=O)n(CCCCCCCC)c(=O)c8cc1c1c2c(c34)c5c6c1c78. The van der Waals surface area contributed by atoms with E-state index in [1.807, 2.05) is 0 Å². The van der Waals surface area contributed by atoms with Crippen molar-refractivity contribution in [3.63, 3.8) is 0 Å². The maximum absolute atomic E-state index is 15.3. The van der Waals surface area contributed by atoms with Crippen molar-refractivity contribution in [1.82, 2.24) is 9.13 Å². The Morgan fingerprint density at radius 1 is 0.300 bits per heavy atom. The predicted molar refractivity (Wildman–Crippen MR) is 303 cm³/mol. The summed E-state index contributed by atoms with van der Waals surface area (Å²) in [6.07, 6.45) is 34.0. The molecule has 0 saturated carbocycles. The molecule has 0 atom stereocenters. The van der Waals surface area contributed by atoms with Crippen LogP contribution in [0.15, 0.2) is 55.6 Å². The first kappa shape index (κ1) is 50.1. The van der Waals surface area contributed by atoms with Gasteiger partial charge in [0, 0.05) is 50.8 Å². The van der Waals surface area contributed by atoms with E-state index in [1.54, 1.807) is 9.13 Å². The molecule has 0 aliphatic carbocycles. The number of benzene rings is 7. The van der Waals surface area contributed by atoms with Crippen LogP contribution >= 0.6 is 0 Å². The van der Waals surface area contributed by atoms with Crippen LogP contribution in [0.3, 0.4) is 0 Å². The monoisotopic (exact) mass is 943 g/mol. The molecule has 0 amide bonds. The van der Waals surface area contributed by atoms with Crippen molar-refractivity contribution in [2.75, 3.05) is 0 Å². The lowest BCUT2D eigenvalue weighted by atomic mass is 9.77. The van der Waals surface area contributed by atoms with Crippen LogP contribution < -0.4 is 22.2 Å². The van der Waals surface area contributed by atoms with Crippen LogP contribution in [0.1, 0.15) is 219 Å². The average molecular weight is 943 g/mol. The van der Waals surface area contributed by atoms with E-state index in [-0.39, 0.29) is 22.2 Å². The van der Waals surface area contributed by atoms with Crippen molar-refractivity contribution in [2.24, 2.45) is 0 Å². The summed E-state index contributed by atoms with van der Waals surface area (Å²) in [5.74, 6) is 0. The highest BCUT2D eigenvalue weighted by molar-refractivity contribution is 6.50. The van der Waals surface area contributed by atoms with Crippen molar-refractivity contribution in [3.05, 3.63) is 88.9 Å². The quantitative estimate of drug-likeness (QED) is 0.0239. The van der Waals surface area contributed by atoms with Gasteiger partial charge in [0.2, 0.25) is 0 Å². The van der Waals surface area contributed by atoms with Crippen molar-refractivity contribution >= 4 is 86.2 Å². The standard InChI is InChI=1S/C64H82N2O4/c1-5-9-13-17-21-23-25-29-33-43-39-45-41-50-57-58(64(70)66(62(50)68)38-32-28-20-16-12-8-4)46(34-30-26-24-22-18-14-10-6-2)47-36-35-44-40-49-54-51(63(69)65(61(49)67)37-31-27-19-15-11-7-3)42-48(43)56-53(45)60(57)55(47)52(44)59(54)56/h35-36,39-42H,5-34,37-38H2,1-4H3. The molecular weight excluding hydrogens is 861 g/mol. The molecule has 0 unspecified atom stereocenters. The minimum absolute atomic E-state index is 0.137. The Bertz CT molecular complexity index is 3350. The second-order valence-corrected chi connectivity index (χ2v) is 21.8. The third-order valence-electron chi connectivity index (χ3n) is 16.7. The first-order chi connectivity index (χ1) is 34.4. The minimum atomic E-state index is -0.188. The number of aryl methyl sites for hydroxylation is 2. The molecule has 0 bridgehead atoms. The summed E-state index contributed by atoms with van der Waals surface area (Å²) in [5.41, 5.74) is 1.60. The Hall–Kier alpha value is -4.84. The molecule has 0 spiro atoms. The van der Waals surface area contributed by atoms with Gasteiger partial charge in [-0.15, -0.1) is 0 Å². The van der Waals surface area contributed by atoms with E-state index in [0.29, 0.717) is 29.2 Å². The van der Waals surface area contributed by atoms with E-state index in [2.05, 4.69) is 64.1 Å². The van der Waals surface area contributed by atoms with Gasteiger partial charge in [0.25, 0.3) is 22.2 Å². The fourth-order valence-electron chi connectivity index (χ4n) is 13.0. The molecule has 0 radical (unpaired) electrons. The van der Waals surface area contributed by atoms with Gasteiger partial charge in [-0.1, -0.05) is 200 Å². The Labute approximate surface area is 415 Å². The van der Waals surface area contributed by atoms with Crippen LogP contribution in [0, 0.1) is 0 Å². The average Bonchev–Trinajstić information content (AvgIpc) is 3.37. The number of rotatable bonds is 32. The normalized spacial score (nSPS) is 12.6. The zero-order chi connectivity index (χ0) is 48.7. The summed E-state index contributed by atoms with van der Waals surface area (Å²) in [6.45, 7) is 9.85. The molecule has 0 fully saturated rings. The topological polar surface area (TPSA) is 78.1 Å². The van der Waals surface area contributed by atoms with Crippen LogP contribution in [0.4, 0.5) is 0 Å². The summed E-state index contributed by atoms with van der Waals surface area (Å²) in [6, 6.07) is 13.1. The summed E-state index contributed by atoms with van der Waals surface area (Å²) in [5, 5.41) is 14.8. The molecule has 372 valence electrons. The Morgan fingerprint density at radius 3 is 1.26 bits per heavy atom. The van der Waals surface area contributed by atoms with Crippen molar-refractivity contribution in [2.45, 2.75) is 233 Å². The zero-order valence-corrected chi connectivity index (χ0v) is 43.6. The van der Waals surface area contributed by atoms with Crippen molar-refractivity contribution < 1.29 is 0 Å². The lowest BCUT2D eigenvalue weighted by molar-refractivity contribution is 0.545. The molecule has 7 aromatic carbocycles. The molecule has 0 aliphatic heterocycles. The molecule has 9 aromatic rings. The molecule has 6 heteroatoms. The number of hydrogen-bond acceptors (Lipinski definition) is 4. The van der Waals surface area contributed by atoms with Gasteiger partial charge in [-0.3, -0.25) is 28.3 Å². The summed E-state index contributed by atoms with van der Waals surface area (Å²) in [7, 11) is 0. The van der Waals surface area contributed by atoms with Crippen LogP contribution in [0.5, 0.6) is 0 Å². The van der Waals surface area contributed by atoms with E-state index in [9.17, 15) is 9.59 Å². The van der Waals surface area contributed by atoms with Gasteiger partial charge in [0.05, 0.1) is 5.39 Å². The second kappa shape index (κ2) is 23.1. The molecule has 2 aromatic heterocycles. The lowest BCUT2D eigenvalue weighted by Crippen LogP contribution is -2.34. The fourth-order valence-corrected chi connectivity index (χ4v) is 13.0. The minimum Gasteiger partial charge on any atom is -0.274 e. The molecule has 0 aliphatic rings. The first-order valence-corrected chi connectivity index (χ1v) is 28.8. The van der Waals surface area contributed by atoms with E-state index in [4.69, 9.17) is 0 Å². The second-order valence-electron chi connectivity index (χ2n) is 21.8. The highest BCUT2D eigenvalue weighted by atomic mass is 16.2. The Balaban J connectivity index is 1.28. The number of hydrogen-bond donors (Lipinski definition) is 0. The highest BCUT2D eigenvalue weighted by Crippen LogP contribution is 2.53. The van der Waals surface area contributed by atoms with Gasteiger partial charge >= 0.3 is 0 Å². The van der Waals surface area contributed by atoms with E-state index >= 15 is 9.59 Å². The summed E-state index contributed by atoms with van der Waals surface area (Å²) in [4.78, 5) is 60.2. The first-order valence-electron chi connectivity index (χ1n) is 28.8. The van der Waals surface area contributed by atoms with Gasteiger partial charge in [-0.25, -0.2) is 0 Å². The number of unbranched alkanes of at least 4 members (excludes halogenated alkanes) is 24. The maximum Gasteiger partial charge on any atom is 0.261 e. The lowest BCUT2D eigenvalue weighted by Gasteiger charge is -2.26. The van der Waals surface area contributed by atoms with Crippen LogP contribution in [0.25, 0.3) is 86.2 Å². The van der Waals surface area contributed by atoms with Gasteiger partial charge in [-0.2, -0.15) is 0 Å². The predicted octanol–water partition coefficient (Wildman–Crippen LogP) is 17.2. The van der Waals surface area contributed by atoms with Crippen molar-refractivity contribution in [1.29, 1.82) is 0 Å². The maximum atomic E-state index is 15.3. The highest BCUT2D eigenvalue weighted by Gasteiger charge is 2.30. The third kappa shape index (κ3) is 9.51. The molecule has 2 heterocycles. The van der Waals surface area contributed by atoms with Crippen molar-refractivity contribution in [3.8, 4) is 0 Å². The van der Waals surface area contributed by atoms with Crippen LogP contribution in [-0.4, -0.2) is 9.13 Å². The van der Waals surface area contributed by atoms with Crippen LogP contribution in [0.2, 0.25) is 0 Å². The Morgan fingerprint density at radius 2 is 0.700 bits per heavy atom. The molecule has 9 rings (SSSR count). The number of pyridine rings is 2. The molecule has 6 nitrogen and oxygen atoms in total. The van der Waals surface area contributed by atoms with Crippen LogP contribution in [-0.2, 0) is 25.9 Å². The Kier molecular flexibility index (Phi) is 16.6. The van der Waals surface area contributed by atoms with Gasteiger partial charge < -0.3 is 0 Å². The number of nitrogens with zero attached hydrogens (tertiary/aromatic N) is 2. The van der Waals surface area contributed by atoms with E-state index in [1.165, 1.54) is 121 Å². The zero-order valence-electron chi connectivity index (χ0n) is 43.6. The van der Waals surface area contributed by atoms with Gasteiger partial charge in [0.1, 0.15) is 0 Å².